The number of carbonyl (C=O) groups is 1. The number of rotatable bonds is 6. The van der Waals surface area contributed by atoms with Crippen LogP contribution in [0, 0.1) is 12.7 Å². The van der Waals surface area contributed by atoms with Crippen LogP contribution in [-0.2, 0) is 4.74 Å². The number of ether oxygens (including phenoxy) is 2. The van der Waals surface area contributed by atoms with Crippen LogP contribution in [-0.4, -0.2) is 61.7 Å². The van der Waals surface area contributed by atoms with Crippen molar-refractivity contribution in [2.75, 3.05) is 13.1 Å². The van der Waals surface area contributed by atoms with Gasteiger partial charge in [0.25, 0.3) is 0 Å². The van der Waals surface area contributed by atoms with E-state index < -0.39 is 17.5 Å². The lowest BCUT2D eigenvalue weighted by molar-refractivity contribution is 0.0207. The van der Waals surface area contributed by atoms with E-state index in [0.29, 0.717) is 54.4 Å². The van der Waals surface area contributed by atoms with Gasteiger partial charge in [0.05, 0.1) is 29.8 Å². The zero-order chi connectivity index (χ0) is 30.3. The molecule has 1 saturated heterocycles. The molecular formula is C30H42FN7O3. The first-order chi connectivity index (χ1) is 19.4. The molecule has 2 N–H and O–H groups in total. The molecule has 4 rings (SSSR count). The highest BCUT2D eigenvalue weighted by Gasteiger charge is 2.27. The Hall–Kier alpha value is -4.02. The molecule has 3 aromatic rings. The van der Waals surface area contributed by atoms with Crippen LogP contribution in [0.3, 0.4) is 0 Å². The predicted octanol–water partition coefficient (Wildman–Crippen LogP) is 5.87. The first kappa shape index (κ1) is 31.5. The maximum atomic E-state index is 13.4. The van der Waals surface area contributed by atoms with E-state index >= 15 is 0 Å². The Morgan fingerprint density at radius 3 is 2.46 bits per heavy atom. The van der Waals surface area contributed by atoms with Crippen LogP contribution < -0.4 is 10.6 Å². The summed E-state index contributed by atoms with van der Waals surface area (Å²) in [5.74, 6) is 6.02. The summed E-state index contributed by atoms with van der Waals surface area (Å²) in [4.78, 5) is 23.2. The number of aryl methyl sites for hydroxylation is 1. The molecule has 11 heteroatoms. The van der Waals surface area contributed by atoms with Gasteiger partial charge < -0.3 is 20.2 Å². The molecule has 1 unspecified atom stereocenters. The highest BCUT2D eigenvalue weighted by molar-refractivity contribution is 6.47. The average Bonchev–Trinajstić information content (AvgIpc) is 3.30. The fraction of sp³-hybridized carbons (Fsp3) is 0.500. The van der Waals surface area contributed by atoms with Crippen molar-refractivity contribution in [3.63, 3.8) is 0 Å². The number of carbonyl (C=O) groups excluding carboxylic acids is 1. The second kappa shape index (κ2) is 13.6. The Labute approximate surface area is 241 Å². The summed E-state index contributed by atoms with van der Waals surface area (Å²) in [7, 11) is 0. The Kier molecular flexibility index (Phi) is 10.4. The van der Waals surface area contributed by atoms with E-state index in [0.717, 1.165) is 11.1 Å². The zero-order valence-corrected chi connectivity index (χ0v) is 25.3. The molecule has 1 aliphatic heterocycles. The summed E-state index contributed by atoms with van der Waals surface area (Å²) in [5, 5.41) is 8.52. The van der Waals surface area contributed by atoms with Crippen LogP contribution in [0.4, 0.5) is 9.18 Å². The van der Waals surface area contributed by atoms with Gasteiger partial charge in [-0.15, -0.1) is 0 Å². The predicted molar refractivity (Wildman–Crippen MR) is 159 cm³/mol. The van der Waals surface area contributed by atoms with E-state index in [1.54, 1.807) is 21.7 Å². The van der Waals surface area contributed by atoms with Gasteiger partial charge in [0.1, 0.15) is 34.5 Å². The number of nitrogens with zero attached hydrogens (tertiary/aromatic N) is 6. The number of hydrogen-bond donors (Lipinski definition) is 1. The minimum Gasteiger partial charge on any atom is -0.482 e. The molecule has 0 aromatic carbocycles. The highest BCUT2D eigenvalue weighted by Crippen LogP contribution is 2.29. The minimum atomic E-state index is -0.528. The molecule has 0 saturated carbocycles. The van der Waals surface area contributed by atoms with Crippen molar-refractivity contribution >= 4 is 23.0 Å². The van der Waals surface area contributed by atoms with Gasteiger partial charge in [0, 0.05) is 24.8 Å². The summed E-state index contributed by atoms with van der Waals surface area (Å²) in [6.07, 6.45) is 5.44. The fourth-order valence-electron chi connectivity index (χ4n) is 4.55. The number of pyridine rings is 2. The number of aromatic nitrogens is 3. The maximum absolute atomic E-state index is 13.4. The number of hydrazone groups is 1. The normalized spacial score (nSPS) is 15.8. The lowest BCUT2D eigenvalue weighted by Crippen LogP contribution is -2.42. The second-order valence-corrected chi connectivity index (χ2v) is 10.8. The van der Waals surface area contributed by atoms with Gasteiger partial charge in [0.15, 0.2) is 0 Å². The van der Waals surface area contributed by atoms with Gasteiger partial charge in [-0.25, -0.2) is 13.7 Å². The summed E-state index contributed by atoms with van der Waals surface area (Å²) in [6.45, 7) is 16.4. The minimum absolute atomic E-state index is 0.0245. The van der Waals surface area contributed by atoms with Gasteiger partial charge in [-0.2, -0.15) is 10.2 Å². The van der Waals surface area contributed by atoms with Crippen LogP contribution in [0.25, 0.3) is 5.52 Å². The fourth-order valence-corrected chi connectivity index (χ4v) is 4.55. The molecule has 0 radical (unpaired) electrons. The van der Waals surface area contributed by atoms with E-state index in [4.69, 9.17) is 20.3 Å². The van der Waals surface area contributed by atoms with Crippen molar-refractivity contribution in [3.05, 3.63) is 59.4 Å². The number of aliphatic imine (C=N–C) groups is 1. The topological polar surface area (TPSA) is 120 Å². The number of piperidine rings is 1. The molecule has 0 bridgehead atoms. The van der Waals surface area contributed by atoms with Crippen molar-refractivity contribution in [2.24, 2.45) is 15.9 Å². The molecule has 10 nitrogen and oxygen atoms in total. The lowest BCUT2D eigenvalue weighted by Gasteiger charge is -2.32. The molecule has 4 heterocycles. The van der Waals surface area contributed by atoms with Crippen molar-refractivity contribution in [2.45, 2.75) is 86.0 Å². The van der Waals surface area contributed by atoms with Crippen LogP contribution in [0.5, 0.6) is 5.75 Å². The van der Waals surface area contributed by atoms with Gasteiger partial charge in [0.2, 0.25) is 0 Å². The number of fused-ring (bicyclic) bond motifs is 1. The molecule has 3 aromatic heterocycles. The standard InChI is InChI=1S/C28H36FN7O3.C2H6/c1-17-14-32-36-16-20(13-24(26(17)36)38-19(3)23-8-7-21(29)15-31-23)25(34-30)18(2)33-22-9-11-35(12-10-22)27(37)39-28(4,5)6;1-2/h7-8,13-16,19,22H,9-12,30H2,1-6H3;1-2H3/b33-18?,34-25+;. The van der Waals surface area contributed by atoms with E-state index in [1.165, 1.54) is 12.3 Å². The molecule has 41 heavy (non-hydrogen) atoms. The van der Waals surface area contributed by atoms with Crippen molar-refractivity contribution < 1.29 is 18.7 Å². The first-order valence-corrected chi connectivity index (χ1v) is 14.0. The summed E-state index contributed by atoms with van der Waals surface area (Å²) in [5.41, 5.74) is 3.68. The monoisotopic (exact) mass is 567 g/mol. The second-order valence-electron chi connectivity index (χ2n) is 10.8. The van der Waals surface area contributed by atoms with Crippen molar-refractivity contribution in [1.29, 1.82) is 0 Å². The molecule has 1 fully saturated rings. The van der Waals surface area contributed by atoms with E-state index in [-0.39, 0.29) is 12.1 Å². The molecule has 1 aliphatic rings. The zero-order valence-electron chi connectivity index (χ0n) is 25.3. The van der Waals surface area contributed by atoms with E-state index in [1.807, 2.05) is 67.7 Å². The number of halogens is 1. The maximum Gasteiger partial charge on any atom is 0.410 e. The van der Waals surface area contributed by atoms with Crippen molar-refractivity contribution in [1.82, 2.24) is 19.5 Å². The molecule has 222 valence electrons. The van der Waals surface area contributed by atoms with Crippen LogP contribution in [0.1, 0.15) is 84.2 Å². The van der Waals surface area contributed by atoms with E-state index in [2.05, 4.69) is 15.2 Å². The number of amides is 1. The van der Waals surface area contributed by atoms with Crippen LogP contribution >= 0.6 is 0 Å². The Morgan fingerprint density at radius 2 is 1.88 bits per heavy atom. The summed E-state index contributed by atoms with van der Waals surface area (Å²) >= 11 is 0. The highest BCUT2D eigenvalue weighted by atomic mass is 19.1. The van der Waals surface area contributed by atoms with E-state index in [9.17, 15) is 9.18 Å². The van der Waals surface area contributed by atoms with Gasteiger partial charge in [-0.3, -0.25) is 9.98 Å². The molecular weight excluding hydrogens is 525 g/mol. The van der Waals surface area contributed by atoms with Gasteiger partial charge >= 0.3 is 6.09 Å². The Balaban J connectivity index is 0.00000226. The molecule has 1 atom stereocenters. The SMILES string of the molecule is CC.CC(=NC1CCN(C(=O)OC(C)(C)C)CC1)/C(=N\N)c1cc(OC(C)c2ccc(F)cn2)c2c(C)cnn2c1. The Bertz CT molecular complexity index is 1390. The molecule has 0 spiro atoms. The van der Waals surface area contributed by atoms with Crippen LogP contribution in [0.2, 0.25) is 0 Å². The van der Waals surface area contributed by atoms with Crippen LogP contribution in [0.15, 0.2) is 46.9 Å². The third-order valence-corrected chi connectivity index (χ3v) is 6.47. The number of hydrogen-bond acceptors (Lipinski definition) is 8. The molecule has 1 amide bonds. The number of likely N-dealkylation sites (tertiary alicyclic amines) is 1. The third kappa shape index (κ3) is 8.02. The quantitative estimate of drug-likeness (QED) is 0.226. The van der Waals surface area contributed by atoms with Gasteiger partial charge in [-0.1, -0.05) is 13.8 Å². The molecule has 0 aliphatic carbocycles. The first-order valence-electron chi connectivity index (χ1n) is 14.0. The lowest BCUT2D eigenvalue weighted by atomic mass is 10.0. The largest absolute Gasteiger partial charge is 0.482 e. The van der Waals surface area contributed by atoms with Crippen molar-refractivity contribution in [3.8, 4) is 5.75 Å². The smallest absolute Gasteiger partial charge is 0.410 e. The average molecular weight is 568 g/mol. The summed E-state index contributed by atoms with van der Waals surface area (Å²) in [6, 6.07) is 4.84. The summed E-state index contributed by atoms with van der Waals surface area (Å²) < 4.78 is 26.9. The Morgan fingerprint density at radius 1 is 1.20 bits per heavy atom. The van der Waals surface area contributed by atoms with Gasteiger partial charge in [-0.05, 0) is 78.1 Å². The third-order valence-electron chi connectivity index (χ3n) is 6.47. The number of nitrogens with two attached hydrogens (primary N) is 1.